The molecule has 0 radical (unpaired) electrons. The minimum atomic E-state index is 0.398. The van der Waals surface area contributed by atoms with Crippen LogP contribution in [0, 0.1) is 11.3 Å². The highest BCUT2D eigenvalue weighted by atomic mass is 15.0. The number of hydrogen-bond acceptors (Lipinski definition) is 2. The van der Waals surface area contributed by atoms with E-state index in [4.69, 9.17) is 5.41 Å². The summed E-state index contributed by atoms with van der Waals surface area (Å²) in [5.74, 6) is 0.943. The molecule has 0 saturated heterocycles. The van der Waals surface area contributed by atoms with E-state index in [1.54, 1.807) is 6.20 Å². The minimum Gasteiger partial charge on any atom is -0.368 e. The van der Waals surface area contributed by atoms with Crippen molar-refractivity contribution in [1.29, 1.82) is 5.41 Å². The summed E-state index contributed by atoms with van der Waals surface area (Å²) in [6.07, 6.45) is 1.70. The van der Waals surface area contributed by atoms with Gasteiger partial charge in [0.15, 0.2) is 0 Å². The summed E-state index contributed by atoms with van der Waals surface area (Å²) in [7, 11) is 0. The number of pyridine rings is 1. The quantitative estimate of drug-likeness (QED) is 0.545. The van der Waals surface area contributed by atoms with Crippen molar-refractivity contribution in [2.45, 2.75) is 13.8 Å². The first kappa shape index (κ1) is 9.71. The van der Waals surface area contributed by atoms with E-state index >= 15 is 0 Å². The maximum Gasteiger partial charge on any atom is 0.144 e. The van der Waals surface area contributed by atoms with Gasteiger partial charge in [0.05, 0.1) is 0 Å². The molecule has 0 atom stereocenters. The Hall–Kier alpha value is -1.38. The van der Waals surface area contributed by atoms with Crippen molar-refractivity contribution in [3.8, 4) is 0 Å². The molecule has 0 saturated carbocycles. The molecule has 13 heavy (non-hydrogen) atoms. The van der Waals surface area contributed by atoms with Crippen LogP contribution in [0.1, 0.15) is 19.5 Å². The van der Waals surface area contributed by atoms with E-state index in [1.165, 1.54) is 0 Å². The number of amidine groups is 1. The minimum absolute atomic E-state index is 0.398. The Morgan fingerprint density at radius 2 is 2.31 bits per heavy atom. The van der Waals surface area contributed by atoms with Gasteiger partial charge in [-0.1, -0.05) is 19.9 Å². The second-order valence-corrected chi connectivity index (χ2v) is 3.36. The maximum absolute atomic E-state index is 7.65. The molecule has 1 aromatic rings. The molecule has 0 aromatic carbocycles. The number of rotatable bonds is 3. The summed E-state index contributed by atoms with van der Waals surface area (Å²) in [4.78, 5) is 4.07. The first-order valence-corrected chi connectivity index (χ1v) is 4.44. The Labute approximate surface area is 78.7 Å². The van der Waals surface area contributed by atoms with Gasteiger partial charge < -0.3 is 5.32 Å². The van der Waals surface area contributed by atoms with Crippen molar-refractivity contribution < 1.29 is 0 Å². The molecule has 3 heteroatoms. The van der Waals surface area contributed by atoms with Crippen LogP contribution < -0.4 is 5.32 Å². The van der Waals surface area contributed by atoms with Crippen LogP contribution in [-0.2, 0) is 0 Å². The molecule has 1 aromatic heterocycles. The van der Waals surface area contributed by atoms with Gasteiger partial charge in [0.25, 0.3) is 0 Å². The van der Waals surface area contributed by atoms with E-state index in [0.29, 0.717) is 17.4 Å². The lowest BCUT2D eigenvalue weighted by Gasteiger charge is -2.08. The van der Waals surface area contributed by atoms with Gasteiger partial charge in [-0.15, -0.1) is 0 Å². The topological polar surface area (TPSA) is 48.8 Å². The predicted octanol–water partition coefficient (Wildman–Crippen LogP) is 1.65. The Morgan fingerprint density at radius 1 is 1.54 bits per heavy atom. The van der Waals surface area contributed by atoms with E-state index in [0.717, 1.165) is 6.54 Å². The molecule has 0 bridgehead atoms. The molecule has 1 rings (SSSR count). The van der Waals surface area contributed by atoms with Crippen LogP contribution in [0.25, 0.3) is 0 Å². The normalized spacial score (nSPS) is 10.1. The zero-order valence-electron chi connectivity index (χ0n) is 8.04. The Bertz CT molecular complexity index is 267. The van der Waals surface area contributed by atoms with Crippen LogP contribution in [0.15, 0.2) is 24.4 Å². The van der Waals surface area contributed by atoms with Crippen LogP contribution in [0.2, 0.25) is 0 Å². The van der Waals surface area contributed by atoms with Gasteiger partial charge in [-0.2, -0.15) is 0 Å². The van der Waals surface area contributed by atoms with Gasteiger partial charge in [-0.25, -0.2) is 0 Å². The second kappa shape index (κ2) is 4.60. The molecule has 0 aliphatic heterocycles. The largest absolute Gasteiger partial charge is 0.368 e. The lowest BCUT2D eigenvalue weighted by molar-refractivity contribution is 0.623. The van der Waals surface area contributed by atoms with Crippen LogP contribution in [0.4, 0.5) is 0 Å². The fraction of sp³-hybridized carbons (Fsp3) is 0.400. The highest BCUT2D eigenvalue weighted by molar-refractivity contribution is 5.94. The van der Waals surface area contributed by atoms with Crippen molar-refractivity contribution in [2.24, 2.45) is 5.92 Å². The molecule has 1 heterocycles. The molecule has 0 spiro atoms. The summed E-state index contributed by atoms with van der Waals surface area (Å²) in [5.41, 5.74) is 0.697. The zero-order chi connectivity index (χ0) is 9.68. The summed E-state index contributed by atoms with van der Waals surface area (Å²) in [5, 5.41) is 10.7. The van der Waals surface area contributed by atoms with Gasteiger partial charge in [0.1, 0.15) is 11.5 Å². The number of nitrogens with one attached hydrogen (secondary N) is 2. The van der Waals surface area contributed by atoms with Crippen LogP contribution in [-0.4, -0.2) is 17.4 Å². The standard InChI is InChI=1S/C10H15N3/c1-8(2)7-13-10(11)9-5-3-4-6-12-9/h3-6,8H,7H2,1-2H3,(H2,11,13). The van der Waals surface area contributed by atoms with Gasteiger partial charge in [-0.3, -0.25) is 10.4 Å². The van der Waals surface area contributed by atoms with Crippen molar-refractivity contribution in [3.63, 3.8) is 0 Å². The first-order valence-electron chi connectivity index (χ1n) is 4.44. The first-order chi connectivity index (χ1) is 6.20. The third kappa shape index (κ3) is 3.23. The fourth-order valence-electron chi connectivity index (χ4n) is 0.907. The summed E-state index contributed by atoms with van der Waals surface area (Å²) in [6.45, 7) is 5.03. The third-order valence-corrected chi connectivity index (χ3v) is 1.61. The maximum atomic E-state index is 7.65. The average molecular weight is 177 g/mol. The zero-order valence-corrected chi connectivity index (χ0v) is 8.04. The smallest absolute Gasteiger partial charge is 0.144 e. The average Bonchev–Trinajstić information content (AvgIpc) is 2.15. The highest BCUT2D eigenvalue weighted by Gasteiger charge is 2.01. The van der Waals surface area contributed by atoms with Crippen molar-refractivity contribution in [2.75, 3.05) is 6.54 Å². The Kier molecular flexibility index (Phi) is 3.43. The van der Waals surface area contributed by atoms with E-state index < -0.39 is 0 Å². The summed E-state index contributed by atoms with van der Waals surface area (Å²) < 4.78 is 0. The Balaban J connectivity index is 2.50. The Morgan fingerprint density at radius 3 is 2.85 bits per heavy atom. The predicted molar refractivity (Wildman–Crippen MR) is 53.9 cm³/mol. The molecule has 0 aliphatic rings. The molecule has 0 aliphatic carbocycles. The van der Waals surface area contributed by atoms with Crippen LogP contribution in [0.5, 0.6) is 0 Å². The highest BCUT2D eigenvalue weighted by Crippen LogP contribution is 1.94. The molecular weight excluding hydrogens is 162 g/mol. The third-order valence-electron chi connectivity index (χ3n) is 1.61. The molecule has 3 nitrogen and oxygen atoms in total. The van der Waals surface area contributed by atoms with Gasteiger partial charge in [0.2, 0.25) is 0 Å². The lowest BCUT2D eigenvalue weighted by atomic mass is 10.2. The number of aromatic nitrogens is 1. The SMILES string of the molecule is CC(C)CNC(=N)c1ccccn1. The number of hydrogen-bond donors (Lipinski definition) is 2. The molecule has 2 N–H and O–H groups in total. The van der Waals surface area contributed by atoms with Gasteiger partial charge in [-0.05, 0) is 18.1 Å². The molecular formula is C10H15N3. The summed E-state index contributed by atoms with van der Waals surface area (Å²) >= 11 is 0. The molecule has 0 fully saturated rings. The fourth-order valence-corrected chi connectivity index (χ4v) is 0.907. The number of nitrogens with zero attached hydrogens (tertiary/aromatic N) is 1. The summed E-state index contributed by atoms with van der Waals surface area (Å²) in [6, 6.07) is 5.56. The van der Waals surface area contributed by atoms with Crippen molar-refractivity contribution >= 4 is 5.84 Å². The van der Waals surface area contributed by atoms with Gasteiger partial charge in [0, 0.05) is 12.7 Å². The molecule has 0 unspecified atom stereocenters. The van der Waals surface area contributed by atoms with Crippen molar-refractivity contribution in [3.05, 3.63) is 30.1 Å². The molecule has 0 amide bonds. The second-order valence-electron chi connectivity index (χ2n) is 3.36. The van der Waals surface area contributed by atoms with E-state index in [2.05, 4.69) is 24.1 Å². The van der Waals surface area contributed by atoms with Crippen LogP contribution in [0.3, 0.4) is 0 Å². The van der Waals surface area contributed by atoms with Gasteiger partial charge >= 0.3 is 0 Å². The van der Waals surface area contributed by atoms with E-state index in [1.807, 2.05) is 18.2 Å². The van der Waals surface area contributed by atoms with Crippen LogP contribution >= 0.6 is 0 Å². The van der Waals surface area contributed by atoms with E-state index in [9.17, 15) is 0 Å². The monoisotopic (exact) mass is 177 g/mol. The lowest BCUT2D eigenvalue weighted by Crippen LogP contribution is -2.27. The van der Waals surface area contributed by atoms with Crippen molar-refractivity contribution in [1.82, 2.24) is 10.3 Å². The molecule has 70 valence electrons. The van der Waals surface area contributed by atoms with E-state index in [-0.39, 0.29) is 0 Å².